The fraction of sp³-hybridized carbons (Fsp3) is 0.143. The molecule has 0 radical (unpaired) electrons. The van der Waals surface area contributed by atoms with Crippen LogP contribution in [-0.2, 0) is 11.3 Å². The number of benzene rings is 2. The van der Waals surface area contributed by atoms with Crippen molar-refractivity contribution in [1.29, 1.82) is 0 Å². The molecule has 1 amide bonds. The Morgan fingerprint density at radius 2 is 2.00 bits per heavy atom. The van der Waals surface area contributed by atoms with Crippen molar-refractivity contribution in [1.82, 2.24) is 9.99 Å². The van der Waals surface area contributed by atoms with Crippen LogP contribution in [0.1, 0.15) is 11.3 Å². The highest BCUT2D eigenvalue weighted by Crippen LogP contribution is 2.24. The molecule has 0 aliphatic rings. The molecule has 6 heteroatoms. The second-order valence-corrected chi connectivity index (χ2v) is 5.96. The van der Waals surface area contributed by atoms with E-state index >= 15 is 0 Å². The number of rotatable bonds is 6. The fourth-order valence-corrected chi connectivity index (χ4v) is 2.87. The number of nitrogens with zero attached hydrogens (tertiary/aromatic N) is 2. The van der Waals surface area contributed by atoms with Gasteiger partial charge in [-0.15, -0.1) is 6.42 Å². The Morgan fingerprint density at radius 1 is 1.26 bits per heavy atom. The van der Waals surface area contributed by atoms with Gasteiger partial charge in [0.2, 0.25) is 0 Å². The number of nitrogens with one attached hydrogen (secondary N) is 2. The Hall–Kier alpha value is -3.59. The molecule has 0 aliphatic carbocycles. The van der Waals surface area contributed by atoms with Crippen LogP contribution in [0.15, 0.2) is 53.6 Å². The van der Waals surface area contributed by atoms with E-state index in [-0.39, 0.29) is 18.3 Å². The Bertz CT molecular complexity index is 1030. The minimum absolute atomic E-state index is 0.0286. The van der Waals surface area contributed by atoms with Crippen LogP contribution in [0.4, 0.5) is 10.1 Å². The highest BCUT2D eigenvalue weighted by molar-refractivity contribution is 6.01. The number of anilines is 1. The molecule has 2 aromatic carbocycles. The molecule has 3 aromatic rings. The molecule has 0 saturated heterocycles. The molecule has 1 aromatic heterocycles. The molecule has 27 heavy (non-hydrogen) atoms. The third-order valence-corrected chi connectivity index (χ3v) is 4.21. The average Bonchev–Trinajstić information content (AvgIpc) is 2.94. The predicted octanol–water partition coefficient (Wildman–Crippen LogP) is 3.28. The Kier molecular flexibility index (Phi) is 5.53. The smallest absolute Gasteiger partial charge is 0.259 e. The second kappa shape index (κ2) is 8.19. The van der Waals surface area contributed by atoms with Gasteiger partial charge in [0.05, 0.1) is 19.3 Å². The first kappa shape index (κ1) is 18.2. The topological polar surface area (TPSA) is 58.4 Å². The average molecular weight is 362 g/mol. The number of hydrogen-bond acceptors (Lipinski definition) is 3. The summed E-state index contributed by atoms with van der Waals surface area (Å²) in [6, 6.07) is 13.7. The van der Waals surface area contributed by atoms with Gasteiger partial charge in [0.25, 0.3) is 5.91 Å². The molecule has 0 aliphatic heterocycles. The summed E-state index contributed by atoms with van der Waals surface area (Å²) in [5.74, 6) is 2.03. The van der Waals surface area contributed by atoms with E-state index in [0.717, 1.165) is 22.2 Å². The molecule has 136 valence electrons. The minimum atomic E-state index is -0.325. The number of terminal acetylenes is 1. The maximum absolute atomic E-state index is 12.9. The molecule has 0 fully saturated rings. The Labute approximate surface area is 156 Å². The predicted molar refractivity (Wildman–Crippen MR) is 106 cm³/mol. The van der Waals surface area contributed by atoms with E-state index in [1.807, 2.05) is 35.8 Å². The molecular formula is C21H19FN4O. The van der Waals surface area contributed by atoms with Crippen LogP contribution in [0.2, 0.25) is 0 Å². The van der Waals surface area contributed by atoms with Gasteiger partial charge in [-0.25, -0.2) is 9.82 Å². The molecule has 0 saturated carbocycles. The van der Waals surface area contributed by atoms with E-state index in [9.17, 15) is 9.18 Å². The van der Waals surface area contributed by atoms with Gasteiger partial charge in [-0.1, -0.05) is 24.1 Å². The number of aromatic nitrogens is 1. The van der Waals surface area contributed by atoms with Crippen molar-refractivity contribution in [3.63, 3.8) is 0 Å². The van der Waals surface area contributed by atoms with E-state index in [4.69, 9.17) is 6.42 Å². The van der Waals surface area contributed by atoms with Gasteiger partial charge in [0.15, 0.2) is 0 Å². The zero-order chi connectivity index (χ0) is 19.2. The fourth-order valence-electron chi connectivity index (χ4n) is 2.87. The zero-order valence-electron chi connectivity index (χ0n) is 14.9. The first-order chi connectivity index (χ1) is 13.1. The number of halogens is 1. The van der Waals surface area contributed by atoms with Crippen molar-refractivity contribution in [3.05, 3.63) is 65.6 Å². The molecule has 0 bridgehead atoms. The Morgan fingerprint density at radius 3 is 2.74 bits per heavy atom. The third kappa shape index (κ3) is 4.15. The molecular weight excluding hydrogens is 343 g/mol. The van der Waals surface area contributed by atoms with Crippen LogP contribution >= 0.6 is 0 Å². The monoisotopic (exact) mass is 362 g/mol. The highest BCUT2D eigenvalue weighted by atomic mass is 19.1. The van der Waals surface area contributed by atoms with E-state index in [0.29, 0.717) is 12.2 Å². The van der Waals surface area contributed by atoms with E-state index < -0.39 is 0 Å². The van der Waals surface area contributed by atoms with E-state index in [2.05, 4.69) is 21.8 Å². The molecule has 0 spiro atoms. The van der Waals surface area contributed by atoms with Crippen molar-refractivity contribution in [3.8, 4) is 12.3 Å². The van der Waals surface area contributed by atoms with Crippen molar-refractivity contribution in [2.24, 2.45) is 5.10 Å². The summed E-state index contributed by atoms with van der Waals surface area (Å²) < 4.78 is 14.9. The number of hydrazone groups is 1. The first-order valence-electron chi connectivity index (χ1n) is 8.43. The summed E-state index contributed by atoms with van der Waals surface area (Å²) in [4.78, 5) is 11.9. The van der Waals surface area contributed by atoms with E-state index in [1.165, 1.54) is 12.1 Å². The third-order valence-electron chi connectivity index (χ3n) is 4.21. The minimum Gasteiger partial charge on any atom is -0.376 e. The lowest BCUT2D eigenvalue weighted by atomic mass is 10.1. The maximum atomic E-state index is 12.9. The number of carbonyl (C=O) groups excluding carboxylic acids is 1. The van der Waals surface area contributed by atoms with Crippen molar-refractivity contribution < 1.29 is 9.18 Å². The molecule has 0 unspecified atom stereocenters. The summed E-state index contributed by atoms with van der Waals surface area (Å²) in [7, 11) is 0. The van der Waals surface area contributed by atoms with E-state index in [1.54, 1.807) is 18.3 Å². The van der Waals surface area contributed by atoms with Gasteiger partial charge in [-0.05, 0) is 37.3 Å². The summed E-state index contributed by atoms with van der Waals surface area (Å²) in [5, 5.41) is 7.99. The quantitative estimate of drug-likeness (QED) is 0.402. The molecule has 3 rings (SSSR count). The van der Waals surface area contributed by atoms with Crippen LogP contribution < -0.4 is 10.7 Å². The van der Waals surface area contributed by atoms with Crippen LogP contribution in [0.25, 0.3) is 10.9 Å². The number of amides is 1. The number of hydrogen-bond donors (Lipinski definition) is 2. The first-order valence-corrected chi connectivity index (χ1v) is 8.43. The second-order valence-electron chi connectivity index (χ2n) is 5.96. The highest BCUT2D eigenvalue weighted by Gasteiger charge is 2.11. The van der Waals surface area contributed by atoms with Gasteiger partial charge in [-0.2, -0.15) is 5.10 Å². The van der Waals surface area contributed by atoms with Crippen LogP contribution in [0.5, 0.6) is 0 Å². The van der Waals surface area contributed by atoms with Gasteiger partial charge >= 0.3 is 0 Å². The molecule has 1 heterocycles. The summed E-state index contributed by atoms with van der Waals surface area (Å²) in [5.41, 5.74) is 6.07. The van der Waals surface area contributed by atoms with Crippen molar-refractivity contribution in [2.75, 3.05) is 11.9 Å². The van der Waals surface area contributed by atoms with Crippen molar-refractivity contribution in [2.45, 2.75) is 13.5 Å². The summed E-state index contributed by atoms with van der Waals surface area (Å²) in [6.45, 7) is 2.46. The number of fused-ring (bicyclic) bond motifs is 1. The number of para-hydroxylation sites is 1. The lowest BCUT2D eigenvalue weighted by Crippen LogP contribution is -2.25. The van der Waals surface area contributed by atoms with Crippen LogP contribution in [0, 0.1) is 25.1 Å². The van der Waals surface area contributed by atoms with Gasteiger partial charge in [0, 0.05) is 27.8 Å². The number of carbonyl (C=O) groups is 1. The lowest BCUT2D eigenvalue weighted by Gasteiger charge is -2.05. The summed E-state index contributed by atoms with van der Waals surface area (Å²) >= 11 is 0. The van der Waals surface area contributed by atoms with Gasteiger partial charge in [0.1, 0.15) is 5.82 Å². The van der Waals surface area contributed by atoms with Crippen LogP contribution in [0.3, 0.4) is 0 Å². The molecule has 0 atom stereocenters. The normalized spacial score (nSPS) is 10.9. The van der Waals surface area contributed by atoms with Crippen molar-refractivity contribution >= 4 is 28.7 Å². The Balaban J connectivity index is 1.67. The summed E-state index contributed by atoms with van der Waals surface area (Å²) in [6.07, 6.45) is 7.10. The SMILES string of the molecule is C#CCn1c(C)c(/C=N\NC(=O)CNc2ccc(F)cc2)c2ccccc21. The maximum Gasteiger partial charge on any atom is 0.259 e. The molecule has 5 nitrogen and oxygen atoms in total. The van der Waals surface area contributed by atoms with Gasteiger partial charge < -0.3 is 9.88 Å². The molecule has 2 N–H and O–H groups in total. The van der Waals surface area contributed by atoms with Crippen LogP contribution in [-0.4, -0.2) is 23.2 Å². The van der Waals surface area contributed by atoms with Gasteiger partial charge in [-0.3, -0.25) is 4.79 Å². The standard InChI is InChI=1S/C21H19FN4O/c1-3-12-26-15(2)19(18-6-4-5-7-20(18)26)13-24-25-21(27)14-23-17-10-8-16(22)9-11-17/h1,4-11,13,23H,12,14H2,2H3,(H,25,27)/b24-13-. The lowest BCUT2D eigenvalue weighted by molar-refractivity contribution is -0.119. The largest absolute Gasteiger partial charge is 0.376 e. The zero-order valence-corrected chi connectivity index (χ0v) is 14.9.